The molecule has 0 bridgehead atoms. The fraction of sp³-hybridized carbons (Fsp3) is 0.167. The average molecular weight is 215 g/mol. The van der Waals surface area contributed by atoms with E-state index in [1.54, 1.807) is 12.3 Å². The van der Waals surface area contributed by atoms with Gasteiger partial charge in [0.15, 0.2) is 5.75 Å². The molecule has 0 aliphatic heterocycles. The summed E-state index contributed by atoms with van der Waals surface area (Å²) < 4.78 is 5.62. The molecule has 16 heavy (non-hydrogen) atoms. The van der Waals surface area contributed by atoms with E-state index >= 15 is 0 Å². The van der Waals surface area contributed by atoms with Gasteiger partial charge < -0.3 is 10.5 Å². The number of nitrogens with two attached hydrogens (primary N) is 1. The molecule has 1 aromatic heterocycles. The van der Waals surface area contributed by atoms with Crippen molar-refractivity contribution < 1.29 is 4.74 Å². The van der Waals surface area contributed by atoms with E-state index < -0.39 is 0 Å². The Labute approximate surface area is 94.1 Å². The molecule has 0 fully saturated rings. The average Bonchev–Trinajstić information content (AvgIpc) is 2.24. The minimum absolute atomic E-state index is 0.459. The summed E-state index contributed by atoms with van der Waals surface area (Å²) in [5.74, 6) is 1.10. The quantitative estimate of drug-likeness (QED) is 0.782. The molecule has 0 aliphatic carbocycles. The minimum Gasteiger partial charge on any atom is -0.435 e. The molecule has 0 saturated heterocycles. The number of nitrogen functional groups attached to an aromatic ring is 1. The van der Waals surface area contributed by atoms with E-state index in [-0.39, 0.29) is 0 Å². The molecule has 2 aromatic rings. The van der Waals surface area contributed by atoms with Gasteiger partial charge in [-0.15, -0.1) is 5.10 Å². The zero-order valence-corrected chi connectivity index (χ0v) is 9.27. The fourth-order valence-electron chi connectivity index (χ4n) is 1.41. The summed E-state index contributed by atoms with van der Waals surface area (Å²) in [6, 6.07) is 7.44. The standard InChI is InChI=1S/C12H13N3O/c1-8-6-11(15-14-7-8)16-12-9(2)4-3-5-10(12)13/h3-7H,13H2,1-2H3. The lowest BCUT2D eigenvalue weighted by Gasteiger charge is -2.09. The Balaban J connectivity index is 2.34. The van der Waals surface area contributed by atoms with Gasteiger partial charge in [-0.05, 0) is 31.0 Å². The Kier molecular flexibility index (Phi) is 2.72. The third-order valence-electron chi connectivity index (χ3n) is 2.22. The van der Waals surface area contributed by atoms with Gasteiger partial charge in [-0.3, -0.25) is 0 Å². The van der Waals surface area contributed by atoms with Gasteiger partial charge >= 0.3 is 0 Å². The molecule has 0 aliphatic rings. The van der Waals surface area contributed by atoms with Crippen LogP contribution in [0, 0.1) is 13.8 Å². The topological polar surface area (TPSA) is 61.0 Å². The van der Waals surface area contributed by atoms with Gasteiger partial charge in [0.1, 0.15) is 0 Å². The summed E-state index contributed by atoms with van der Waals surface area (Å²) >= 11 is 0. The molecular formula is C12H13N3O. The smallest absolute Gasteiger partial charge is 0.239 e. The number of nitrogens with zero attached hydrogens (tertiary/aromatic N) is 2. The van der Waals surface area contributed by atoms with E-state index in [2.05, 4.69) is 10.2 Å². The normalized spacial score (nSPS) is 10.1. The number of ether oxygens (including phenoxy) is 1. The summed E-state index contributed by atoms with van der Waals surface area (Å²) in [4.78, 5) is 0. The molecular weight excluding hydrogens is 202 g/mol. The Bertz CT molecular complexity index is 491. The number of benzene rings is 1. The highest BCUT2D eigenvalue weighted by atomic mass is 16.5. The molecule has 0 amide bonds. The maximum Gasteiger partial charge on any atom is 0.239 e. The molecule has 0 unspecified atom stereocenters. The molecule has 0 radical (unpaired) electrons. The van der Waals surface area contributed by atoms with E-state index in [1.807, 2.05) is 32.0 Å². The van der Waals surface area contributed by atoms with Gasteiger partial charge in [0.05, 0.1) is 11.9 Å². The molecule has 0 spiro atoms. The van der Waals surface area contributed by atoms with Crippen molar-refractivity contribution in [3.8, 4) is 11.6 Å². The van der Waals surface area contributed by atoms with Crippen LogP contribution in [0.3, 0.4) is 0 Å². The van der Waals surface area contributed by atoms with Crippen molar-refractivity contribution in [3.63, 3.8) is 0 Å². The van der Waals surface area contributed by atoms with Crippen LogP contribution in [0.15, 0.2) is 30.5 Å². The molecule has 2 rings (SSSR count). The number of hydrogen-bond donors (Lipinski definition) is 1. The van der Waals surface area contributed by atoms with Gasteiger partial charge in [-0.2, -0.15) is 5.10 Å². The zero-order valence-electron chi connectivity index (χ0n) is 9.27. The lowest BCUT2D eigenvalue weighted by molar-refractivity contribution is 0.453. The minimum atomic E-state index is 0.459. The van der Waals surface area contributed by atoms with Crippen LogP contribution in [-0.2, 0) is 0 Å². The van der Waals surface area contributed by atoms with Crippen LogP contribution in [0.4, 0.5) is 5.69 Å². The lowest BCUT2D eigenvalue weighted by atomic mass is 10.2. The molecule has 82 valence electrons. The number of rotatable bonds is 2. The fourth-order valence-corrected chi connectivity index (χ4v) is 1.41. The van der Waals surface area contributed by atoms with Crippen LogP contribution in [0.2, 0.25) is 0 Å². The van der Waals surface area contributed by atoms with E-state index in [0.717, 1.165) is 11.1 Å². The van der Waals surface area contributed by atoms with Crippen molar-refractivity contribution in [1.29, 1.82) is 0 Å². The number of hydrogen-bond acceptors (Lipinski definition) is 4. The summed E-state index contributed by atoms with van der Waals surface area (Å²) in [6.07, 6.45) is 1.67. The molecule has 4 heteroatoms. The van der Waals surface area contributed by atoms with E-state index in [4.69, 9.17) is 10.5 Å². The van der Waals surface area contributed by atoms with Gasteiger partial charge in [0, 0.05) is 6.07 Å². The Morgan fingerprint density at radius 3 is 2.75 bits per heavy atom. The Hall–Kier alpha value is -2.10. The summed E-state index contributed by atoms with van der Waals surface area (Å²) in [7, 11) is 0. The molecule has 1 aromatic carbocycles. The summed E-state index contributed by atoms with van der Waals surface area (Å²) in [5, 5.41) is 7.71. The van der Waals surface area contributed by atoms with Gasteiger partial charge in [0.2, 0.25) is 5.88 Å². The summed E-state index contributed by atoms with van der Waals surface area (Å²) in [6.45, 7) is 3.87. The first-order valence-corrected chi connectivity index (χ1v) is 4.99. The third-order valence-corrected chi connectivity index (χ3v) is 2.22. The van der Waals surface area contributed by atoms with E-state index in [9.17, 15) is 0 Å². The first-order valence-electron chi connectivity index (χ1n) is 4.99. The van der Waals surface area contributed by atoms with Crippen LogP contribution in [0.1, 0.15) is 11.1 Å². The Morgan fingerprint density at radius 1 is 1.25 bits per heavy atom. The zero-order chi connectivity index (χ0) is 11.5. The SMILES string of the molecule is Cc1cnnc(Oc2c(C)cccc2N)c1. The van der Waals surface area contributed by atoms with Crippen molar-refractivity contribution in [2.45, 2.75) is 13.8 Å². The van der Waals surface area contributed by atoms with Crippen molar-refractivity contribution in [2.24, 2.45) is 0 Å². The second-order valence-corrected chi connectivity index (χ2v) is 3.67. The largest absolute Gasteiger partial charge is 0.435 e. The monoisotopic (exact) mass is 215 g/mol. The van der Waals surface area contributed by atoms with Crippen molar-refractivity contribution in [2.75, 3.05) is 5.73 Å². The van der Waals surface area contributed by atoms with Crippen molar-refractivity contribution in [3.05, 3.63) is 41.6 Å². The van der Waals surface area contributed by atoms with Crippen LogP contribution in [0.25, 0.3) is 0 Å². The van der Waals surface area contributed by atoms with Gasteiger partial charge in [-0.25, -0.2) is 0 Å². The number of aryl methyl sites for hydroxylation is 2. The molecule has 0 atom stereocenters. The highest BCUT2D eigenvalue weighted by Gasteiger charge is 2.06. The Morgan fingerprint density at radius 2 is 2.06 bits per heavy atom. The van der Waals surface area contributed by atoms with Crippen LogP contribution < -0.4 is 10.5 Å². The maximum absolute atomic E-state index is 5.83. The van der Waals surface area contributed by atoms with Crippen molar-refractivity contribution in [1.82, 2.24) is 10.2 Å². The maximum atomic E-state index is 5.83. The van der Waals surface area contributed by atoms with E-state index in [1.165, 1.54) is 0 Å². The summed E-state index contributed by atoms with van der Waals surface area (Å²) in [5.41, 5.74) is 8.41. The first-order chi connectivity index (χ1) is 7.66. The van der Waals surface area contributed by atoms with Crippen molar-refractivity contribution >= 4 is 5.69 Å². The predicted molar refractivity (Wildman–Crippen MR) is 62.4 cm³/mol. The molecule has 2 N–H and O–H groups in total. The lowest BCUT2D eigenvalue weighted by Crippen LogP contribution is -1.97. The number of anilines is 1. The molecule has 1 heterocycles. The highest BCUT2D eigenvalue weighted by Crippen LogP contribution is 2.29. The highest BCUT2D eigenvalue weighted by molar-refractivity contribution is 5.57. The van der Waals surface area contributed by atoms with Crippen LogP contribution in [-0.4, -0.2) is 10.2 Å². The predicted octanol–water partition coefficient (Wildman–Crippen LogP) is 2.47. The second-order valence-electron chi connectivity index (χ2n) is 3.67. The number of aromatic nitrogens is 2. The number of para-hydroxylation sites is 1. The van der Waals surface area contributed by atoms with Gasteiger partial charge in [-0.1, -0.05) is 12.1 Å². The van der Waals surface area contributed by atoms with Gasteiger partial charge in [0.25, 0.3) is 0 Å². The molecule has 0 saturated carbocycles. The van der Waals surface area contributed by atoms with E-state index in [0.29, 0.717) is 17.3 Å². The first kappa shape index (κ1) is 10.4. The molecule has 4 nitrogen and oxygen atoms in total. The van der Waals surface area contributed by atoms with Crippen LogP contribution >= 0.6 is 0 Å². The van der Waals surface area contributed by atoms with Crippen LogP contribution in [0.5, 0.6) is 11.6 Å². The third kappa shape index (κ3) is 2.11. The second kappa shape index (κ2) is 4.18.